The molecule has 35 heavy (non-hydrogen) atoms. The molecule has 1 aliphatic rings. The van der Waals surface area contributed by atoms with E-state index in [1.165, 1.54) is 11.3 Å². The van der Waals surface area contributed by atoms with E-state index >= 15 is 0 Å². The monoisotopic (exact) mass is 493 g/mol. The molecule has 2 amide bonds. The van der Waals surface area contributed by atoms with Crippen LogP contribution in [0.2, 0.25) is 0 Å². The quantitative estimate of drug-likeness (QED) is 0.468. The second kappa shape index (κ2) is 11.0. The van der Waals surface area contributed by atoms with Crippen molar-refractivity contribution in [1.82, 2.24) is 4.90 Å². The molecule has 1 saturated heterocycles. The number of nitrogens with one attached hydrogen (secondary N) is 2. The number of benzene rings is 2. The molecule has 8 heteroatoms. The smallest absolute Gasteiger partial charge is 0.399 e. The topological polar surface area (TPSA) is 79.9 Å². The number of rotatable bonds is 6. The predicted octanol–water partition coefficient (Wildman–Crippen LogP) is 5.59. The molecule has 1 aromatic heterocycles. The molecule has 0 bridgehead atoms. The summed E-state index contributed by atoms with van der Waals surface area (Å²) in [6, 6.07) is 19.2. The van der Waals surface area contributed by atoms with Gasteiger partial charge in [-0.2, -0.15) is 0 Å². The lowest BCUT2D eigenvalue weighted by atomic mass is 9.85. The minimum atomic E-state index is -0.583. The highest BCUT2D eigenvalue weighted by atomic mass is 32.1. The van der Waals surface area contributed by atoms with Crippen LogP contribution in [0.4, 0.5) is 16.2 Å². The van der Waals surface area contributed by atoms with Crippen molar-refractivity contribution in [2.75, 3.05) is 43.5 Å². The molecule has 1 aliphatic heterocycles. The van der Waals surface area contributed by atoms with Crippen LogP contribution in [0.3, 0.4) is 0 Å². The van der Waals surface area contributed by atoms with Crippen LogP contribution in [0.5, 0.6) is 5.06 Å². The Morgan fingerprint density at radius 3 is 2.46 bits per heavy atom. The summed E-state index contributed by atoms with van der Waals surface area (Å²) in [4.78, 5) is 28.4. The van der Waals surface area contributed by atoms with Crippen LogP contribution in [0, 0.1) is 0 Å². The fraction of sp³-hybridized carbons (Fsp3) is 0.333. The van der Waals surface area contributed by atoms with Gasteiger partial charge in [-0.05, 0) is 40.8 Å². The van der Waals surface area contributed by atoms with Gasteiger partial charge in [0.05, 0.1) is 19.8 Å². The fourth-order valence-electron chi connectivity index (χ4n) is 3.90. The van der Waals surface area contributed by atoms with E-state index in [4.69, 9.17) is 9.47 Å². The number of anilines is 2. The van der Waals surface area contributed by atoms with Crippen molar-refractivity contribution in [2.24, 2.45) is 0 Å². The highest BCUT2D eigenvalue weighted by Gasteiger charge is 2.21. The summed E-state index contributed by atoms with van der Waals surface area (Å²) >= 11 is 1.41. The molecule has 1 fully saturated rings. The summed E-state index contributed by atoms with van der Waals surface area (Å²) < 4.78 is 10.9. The van der Waals surface area contributed by atoms with E-state index in [0.717, 1.165) is 29.1 Å². The minimum absolute atomic E-state index is 0.0934. The summed E-state index contributed by atoms with van der Waals surface area (Å²) in [5, 5.41) is 6.32. The zero-order chi connectivity index (χ0) is 24.8. The van der Waals surface area contributed by atoms with Gasteiger partial charge in [-0.15, -0.1) is 0 Å². The van der Waals surface area contributed by atoms with Crippen LogP contribution < -0.4 is 15.4 Å². The van der Waals surface area contributed by atoms with Crippen molar-refractivity contribution in [3.05, 3.63) is 66.2 Å². The molecule has 184 valence electrons. The molecule has 0 unspecified atom stereocenters. The van der Waals surface area contributed by atoms with E-state index in [0.29, 0.717) is 36.2 Å². The number of hydrogen-bond acceptors (Lipinski definition) is 6. The molecular weight excluding hydrogens is 462 g/mol. The second-order valence-electron chi connectivity index (χ2n) is 9.45. The van der Waals surface area contributed by atoms with E-state index in [-0.39, 0.29) is 11.3 Å². The number of thiophene rings is 1. The maximum absolute atomic E-state index is 12.7. The molecule has 0 aliphatic carbocycles. The van der Waals surface area contributed by atoms with E-state index in [1.54, 1.807) is 12.1 Å². The highest BCUT2D eigenvalue weighted by molar-refractivity contribution is 7.17. The Morgan fingerprint density at radius 2 is 1.74 bits per heavy atom. The molecule has 4 rings (SSSR count). The maximum atomic E-state index is 12.7. The van der Waals surface area contributed by atoms with Crippen LogP contribution in [0.1, 0.15) is 26.3 Å². The highest BCUT2D eigenvalue weighted by Crippen LogP contribution is 2.34. The van der Waals surface area contributed by atoms with Gasteiger partial charge in [-0.1, -0.05) is 68.5 Å². The third-order valence-corrected chi connectivity index (χ3v) is 6.66. The lowest BCUT2D eigenvalue weighted by Crippen LogP contribution is -2.41. The van der Waals surface area contributed by atoms with Gasteiger partial charge in [-0.25, -0.2) is 4.79 Å². The van der Waals surface area contributed by atoms with Crippen molar-refractivity contribution < 1.29 is 19.1 Å². The average Bonchev–Trinajstić information content (AvgIpc) is 3.28. The lowest BCUT2D eigenvalue weighted by Gasteiger charge is -2.27. The summed E-state index contributed by atoms with van der Waals surface area (Å²) in [5.74, 6) is -0.0934. The fourth-order valence-corrected chi connectivity index (χ4v) is 4.76. The van der Waals surface area contributed by atoms with Crippen molar-refractivity contribution in [3.63, 3.8) is 0 Å². The predicted molar refractivity (Wildman–Crippen MR) is 140 cm³/mol. The van der Waals surface area contributed by atoms with Crippen LogP contribution in [0.15, 0.2) is 60.7 Å². The maximum Gasteiger partial charge on any atom is 0.417 e. The Hall–Kier alpha value is -3.20. The Kier molecular flexibility index (Phi) is 7.85. The normalized spacial score (nSPS) is 14.4. The van der Waals surface area contributed by atoms with Crippen LogP contribution >= 0.6 is 11.3 Å². The first-order chi connectivity index (χ1) is 16.8. The molecule has 2 aromatic carbocycles. The molecule has 7 nitrogen and oxygen atoms in total. The number of carbonyl (C=O) groups is 2. The van der Waals surface area contributed by atoms with Gasteiger partial charge in [0.1, 0.15) is 0 Å². The summed E-state index contributed by atoms with van der Waals surface area (Å²) in [6.45, 7) is 9.31. The van der Waals surface area contributed by atoms with E-state index in [1.807, 2.05) is 48.5 Å². The van der Waals surface area contributed by atoms with Crippen LogP contribution in [0.25, 0.3) is 10.4 Å². The number of carbonyl (C=O) groups excluding carboxylic acids is 2. The van der Waals surface area contributed by atoms with E-state index in [2.05, 4.69) is 36.3 Å². The largest absolute Gasteiger partial charge is 0.417 e. The number of hydrogen-bond donors (Lipinski definition) is 2. The number of nitrogens with zero attached hydrogens (tertiary/aromatic N) is 1. The first-order valence-electron chi connectivity index (χ1n) is 11.7. The van der Waals surface area contributed by atoms with Crippen molar-refractivity contribution in [3.8, 4) is 15.5 Å². The van der Waals surface area contributed by atoms with Gasteiger partial charge in [0.15, 0.2) is 5.06 Å². The average molecular weight is 494 g/mol. The Morgan fingerprint density at radius 1 is 1.00 bits per heavy atom. The lowest BCUT2D eigenvalue weighted by molar-refractivity contribution is -0.118. The standard InChI is InChI=1S/C27H31N3O4S/c1-27(2,3)21-10-9-20(17-22(21)29-24(31)18-30-13-15-33-16-14-30)28-26(32)34-25-12-11-23(35-25)19-7-5-4-6-8-19/h4-12,17H,13-16,18H2,1-3H3,(H,28,32)(H,29,31). The molecule has 2 N–H and O–H groups in total. The van der Waals surface area contributed by atoms with Crippen LogP contribution in [-0.2, 0) is 14.9 Å². The summed E-state index contributed by atoms with van der Waals surface area (Å²) in [5.41, 5.74) is 3.09. The minimum Gasteiger partial charge on any atom is -0.399 e. The number of ether oxygens (including phenoxy) is 2. The zero-order valence-electron chi connectivity index (χ0n) is 20.3. The number of amides is 2. The Balaban J connectivity index is 1.43. The van der Waals surface area contributed by atoms with Gasteiger partial charge < -0.3 is 14.8 Å². The Bertz CT molecular complexity index is 1160. The van der Waals surface area contributed by atoms with Gasteiger partial charge in [0.2, 0.25) is 5.91 Å². The SMILES string of the molecule is CC(C)(C)c1ccc(NC(=O)Oc2ccc(-c3ccccc3)s2)cc1NC(=O)CN1CCOCC1. The molecule has 3 aromatic rings. The molecule has 0 radical (unpaired) electrons. The first kappa shape index (κ1) is 24.9. The van der Waals surface area contributed by atoms with Gasteiger partial charge >= 0.3 is 6.09 Å². The molecular formula is C27H31N3O4S. The van der Waals surface area contributed by atoms with Gasteiger partial charge in [0.25, 0.3) is 0 Å². The molecule has 2 heterocycles. The van der Waals surface area contributed by atoms with Gasteiger partial charge in [0, 0.05) is 29.3 Å². The Labute approximate surface area is 210 Å². The second-order valence-corrected chi connectivity index (χ2v) is 10.5. The summed E-state index contributed by atoms with van der Waals surface area (Å²) in [6.07, 6.45) is -0.583. The van der Waals surface area contributed by atoms with Crippen LogP contribution in [-0.4, -0.2) is 49.7 Å². The number of morpholine rings is 1. The van der Waals surface area contributed by atoms with Crippen molar-refractivity contribution >= 4 is 34.7 Å². The van der Waals surface area contributed by atoms with E-state index < -0.39 is 6.09 Å². The molecule has 0 spiro atoms. The molecule has 0 saturated carbocycles. The van der Waals surface area contributed by atoms with Gasteiger partial charge in [-0.3, -0.25) is 15.0 Å². The summed E-state index contributed by atoms with van der Waals surface area (Å²) in [7, 11) is 0. The first-order valence-corrected chi connectivity index (χ1v) is 12.5. The third kappa shape index (κ3) is 6.91. The van der Waals surface area contributed by atoms with Crippen molar-refractivity contribution in [2.45, 2.75) is 26.2 Å². The van der Waals surface area contributed by atoms with E-state index in [9.17, 15) is 9.59 Å². The van der Waals surface area contributed by atoms with Crippen molar-refractivity contribution in [1.29, 1.82) is 0 Å². The zero-order valence-corrected chi connectivity index (χ0v) is 21.1. The molecule has 0 atom stereocenters. The third-order valence-electron chi connectivity index (χ3n) is 5.65.